The Kier molecular flexibility index (Phi) is 69.4. The Balaban J connectivity index is -0.000000117. The molecular formula is C49H72Mn4N6O18. The van der Waals surface area contributed by atoms with Crippen molar-refractivity contribution in [2.75, 3.05) is 46.4 Å². The number of benzene rings is 3. The van der Waals surface area contributed by atoms with Gasteiger partial charge in [0.2, 0.25) is 0 Å². The molecule has 77 heavy (non-hydrogen) atoms. The number of carboxylic acids is 4. The molecule has 4 radical (unpaired) electrons. The summed E-state index contributed by atoms with van der Waals surface area (Å²) in [5, 5.41) is 66.9. The van der Waals surface area contributed by atoms with E-state index in [1.54, 1.807) is 31.8 Å². The van der Waals surface area contributed by atoms with Crippen molar-refractivity contribution < 1.29 is 157 Å². The molecule has 4 rings (SSSR count). The predicted molar refractivity (Wildman–Crippen MR) is 276 cm³/mol. The van der Waals surface area contributed by atoms with Crippen LogP contribution in [-0.2, 0) is 107 Å². The van der Waals surface area contributed by atoms with Gasteiger partial charge in [0.05, 0.1) is 11.1 Å². The normalized spacial score (nSPS) is 10.1. The summed E-state index contributed by atoms with van der Waals surface area (Å²) in [6.07, 6.45) is 10.3. The zero-order chi connectivity index (χ0) is 57.5. The third kappa shape index (κ3) is 60.6. The zero-order valence-corrected chi connectivity index (χ0v) is 49.1. The first-order chi connectivity index (χ1) is 34.2. The fourth-order valence-electron chi connectivity index (χ4n) is 4.47. The van der Waals surface area contributed by atoms with Gasteiger partial charge in [0, 0.05) is 190 Å². The van der Waals surface area contributed by atoms with Crippen molar-refractivity contribution in [3.8, 4) is 17.2 Å². The standard InChI is InChI=1S/C24H28N4O2.C9H8O3.C4H6O4.C3H10N2.4C2H4O2.CH4O.4Mn/c1-17-9-19-13-25-5-3-7-27-15-21-11-18(2)12-22(24(21)30)16-28-8-4-6-26-14-20(10-17)23(19)29;1-6-2-7(4-10)9(12)8(3-6)5-11;1-3(5)7-8-4(2)6;4-2-1-3-5;4*1-2(3)4;1-2;;;;/h9-16,29-30H,3-8H2,1-2H3;2-5,12H,1H3;1-2H3;1-5H2;4*1H3,(H,3,4);2H,1H3;;;;. The largest absolute Gasteiger partial charge is 0.507 e. The average molecular weight is 1250 g/mol. The van der Waals surface area contributed by atoms with Crippen LogP contribution in [-0.4, -0.2) is 160 Å². The van der Waals surface area contributed by atoms with E-state index in [0.29, 0.717) is 61.0 Å². The Hall–Kier alpha value is -6.14. The van der Waals surface area contributed by atoms with Gasteiger partial charge in [0.1, 0.15) is 17.2 Å². The maximum absolute atomic E-state index is 10.5. The molecule has 0 saturated carbocycles. The van der Waals surface area contributed by atoms with E-state index < -0.39 is 35.8 Å². The van der Waals surface area contributed by atoms with Crippen LogP contribution in [0.25, 0.3) is 0 Å². The number of hydrogen-bond donors (Lipinski definition) is 10. The molecule has 0 amide bonds. The van der Waals surface area contributed by atoms with Crippen LogP contribution in [0.2, 0.25) is 0 Å². The molecule has 1 aliphatic rings. The number of fused-ring (bicyclic) bond motifs is 4. The Morgan fingerprint density at radius 1 is 0.468 bits per heavy atom. The van der Waals surface area contributed by atoms with Crippen LogP contribution in [0.15, 0.2) is 56.4 Å². The number of nitrogens with two attached hydrogens (primary N) is 2. The van der Waals surface area contributed by atoms with Crippen LogP contribution in [0.4, 0.5) is 0 Å². The summed E-state index contributed by atoms with van der Waals surface area (Å²) < 4.78 is 0. The number of carbonyl (C=O) groups is 8. The molecule has 0 saturated heterocycles. The van der Waals surface area contributed by atoms with Crippen LogP contribution < -0.4 is 11.5 Å². The summed E-state index contributed by atoms with van der Waals surface area (Å²) in [7, 11) is 1.00. The number of aliphatic carboxylic acids is 4. The van der Waals surface area contributed by atoms with E-state index >= 15 is 0 Å². The summed E-state index contributed by atoms with van der Waals surface area (Å²) in [6.45, 7) is 16.2. The number of hydrogen-bond acceptors (Lipinski definition) is 20. The number of aliphatic hydroxyl groups is 1. The van der Waals surface area contributed by atoms with E-state index in [9.17, 15) is 34.5 Å². The molecule has 3 aromatic rings. The minimum absolute atomic E-state index is 0. The molecule has 3 aromatic carbocycles. The number of phenolic OH excluding ortho intramolecular Hbond substituents is 3. The average Bonchev–Trinajstić information content (AvgIpc) is 3.28. The fourth-order valence-corrected chi connectivity index (χ4v) is 4.47. The number of carboxylic acid groups (broad SMARTS) is 4. The number of phenols is 3. The molecule has 4 bridgehead atoms. The second kappa shape index (κ2) is 59.1. The molecule has 0 unspecified atom stereocenters. The first-order valence-electron chi connectivity index (χ1n) is 21.6. The van der Waals surface area contributed by atoms with Crippen molar-refractivity contribution in [1.29, 1.82) is 0 Å². The quantitative estimate of drug-likeness (QED) is 0.0744. The fraction of sp³-hybridized carbons (Fsp3) is 0.388. The van der Waals surface area contributed by atoms with E-state index in [0.717, 1.165) is 97.7 Å². The van der Waals surface area contributed by atoms with Crippen LogP contribution in [0.3, 0.4) is 0 Å². The molecular weight excluding hydrogens is 1180 g/mol. The number of carbonyl (C=O) groups excluding carboxylic acids is 4. The van der Waals surface area contributed by atoms with Crippen molar-refractivity contribution in [3.05, 3.63) is 86.5 Å². The van der Waals surface area contributed by atoms with E-state index in [1.165, 1.54) is 12.1 Å². The monoisotopic (exact) mass is 1250 g/mol. The number of aliphatic imine (C=N–C) groups is 4. The van der Waals surface area contributed by atoms with E-state index in [4.69, 9.17) is 56.2 Å². The van der Waals surface area contributed by atoms with Crippen molar-refractivity contribution in [3.63, 3.8) is 0 Å². The first kappa shape index (κ1) is 90.4. The molecule has 1 aliphatic heterocycles. The van der Waals surface area contributed by atoms with Crippen LogP contribution >= 0.6 is 0 Å². The first-order valence-corrected chi connectivity index (χ1v) is 21.6. The van der Waals surface area contributed by atoms with Gasteiger partial charge in [0.15, 0.2) is 12.6 Å². The zero-order valence-electron chi connectivity index (χ0n) is 44.4. The van der Waals surface area contributed by atoms with Crippen LogP contribution in [0, 0.1) is 20.8 Å². The second-order valence-corrected chi connectivity index (χ2v) is 14.1. The Morgan fingerprint density at radius 2 is 0.675 bits per heavy atom. The SMILES string of the molecule is CC(=O)O.CC(=O)O.CC(=O)O.CC(=O)O.CC(=O)OOC(C)=O.CO.Cc1cc(C=O)c(O)c(C=O)c1.Cc1cc2c(O)c(c1)C=NCCCN=Cc1cc(C)cc(c1O)C=NCCCN=C2.NCCCN.[Mn].[Mn].[Mn].[Mn]. The van der Waals surface area contributed by atoms with Crippen molar-refractivity contribution in [1.82, 2.24) is 0 Å². The topological polar surface area (TPSA) is 418 Å². The van der Waals surface area contributed by atoms with Crippen molar-refractivity contribution in [2.45, 2.75) is 81.6 Å². The number of rotatable bonds is 4. The molecule has 0 atom stereocenters. The van der Waals surface area contributed by atoms with Gasteiger partial charge in [-0.2, -0.15) is 0 Å². The van der Waals surface area contributed by atoms with Gasteiger partial charge in [-0.1, -0.05) is 0 Å². The van der Waals surface area contributed by atoms with Gasteiger partial charge in [-0.15, -0.1) is 0 Å². The number of nitrogens with zero attached hydrogens (tertiary/aromatic N) is 4. The molecule has 1 heterocycles. The van der Waals surface area contributed by atoms with Gasteiger partial charge in [-0.25, -0.2) is 19.4 Å². The van der Waals surface area contributed by atoms with Crippen LogP contribution in [0.5, 0.6) is 17.2 Å². The molecule has 12 N–H and O–H groups in total. The third-order valence-corrected chi connectivity index (χ3v) is 6.95. The maximum atomic E-state index is 10.5. The molecule has 0 spiro atoms. The number of aldehydes is 2. The van der Waals surface area contributed by atoms with Gasteiger partial charge >= 0.3 is 11.9 Å². The van der Waals surface area contributed by atoms with E-state index in [-0.39, 0.29) is 96.7 Å². The Bertz CT molecular complexity index is 2020. The summed E-state index contributed by atoms with van der Waals surface area (Å²) in [4.78, 5) is 102. The number of aromatic hydroxyl groups is 3. The second-order valence-electron chi connectivity index (χ2n) is 14.1. The summed E-state index contributed by atoms with van der Waals surface area (Å²) in [5.41, 5.74) is 16.0. The summed E-state index contributed by atoms with van der Waals surface area (Å²) in [6, 6.07) is 10.7. The predicted octanol–water partition coefficient (Wildman–Crippen LogP) is 4.49. The van der Waals surface area contributed by atoms with Gasteiger partial charge in [-0.05, 0) is 106 Å². The van der Waals surface area contributed by atoms with Gasteiger partial charge < -0.3 is 52.3 Å². The summed E-state index contributed by atoms with van der Waals surface area (Å²) >= 11 is 0. The van der Waals surface area contributed by atoms with Crippen LogP contribution in [0.1, 0.15) is 120 Å². The van der Waals surface area contributed by atoms with Gasteiger partial charge in [0.25, 0.3) is 23.9 Å². The van der Waals surface area contributed by atoms with E-state index in [1.807, 2.05) is 38.1 Å². The molecule has 24 nitrogen and oxygen atoms in total. The molecule has 0 aromatic heterocycles. The van der Waals surface area contributed by atoms with E-state index in [2.05, 4.69) is 29.7 Å². The third-order valence-electron chi connectivity index (χ3n) is 6.95. The smallest absolute Gasteiger partial charge is 0.352 e. The number of aliphatic hydroxyl groups excluding tert-OH is 1. The number of aryl methyl sites for hydroxylation is 3. The molecule has 0 fully saturated rings. The summed E-state index contributed by atoms with van der Waals surface area (Å²) in [5.74, 6) is -4.46. The minimum Gasteiger partial charge on any atom is -0.507 e. The van der Waals surface area contributed by atoms with Crippen molar-refractivity contribution in [2.24, 2.45) is 31.4 Å². The molecule has 28 heteroatoms. The Morgan fingerprint density at radius 3 is 0.844 bits per heavy atom. The molecule has 0 aliphatic carbocycles. The minimum atomic E-state index is -0.833. The Labute approximate surface area is 490 Å². The van der Waals surface area contributed by atoms with Crippen molar-refractivity contribution >= 4 is 73.2 Å². The maximum Gasteiger partial charge on any atom is 0.352 e. The van der Waals surface area contributed by atoms with Gasteiger partial charge in [-0.3, -0.25) is 48.7 Å². The molecule has 434 valence electrons.